The van der Waals surface area contributed by atoms with Crippen LogP contribution >= 0.6 is 0 Å². The smallest absolute Gasteiger partial charge is 0.236 e. The second-order valence-corrected chi connectivity index (χ2v) is 3.54. The van der Waals surface area contributed by atoms with E-state index in [1.54, 1.807) is 0 Å². The zero-order valence-electron chi connectivity index (χ0n) is 8.75. The molecule has 0 unspecified atom stereocenters. The number of likely N-dealkylation sites (N-methyl/N-ethyl adjacent to an activating group) is 1. The van der Waals surface area contributed by atoms with E-state index in [-0.39, 0.29) is 5.91 Å². The van der Waals surface area contributed by atoms with E-state index in [2.05, 4.69) is 11.2 Å². The molecule has 78 valence electrons. The summed E-state index contributed by atoms with van der Waals surface area (Å²) in [5.74, 6) is 2.73. The van der Waals surface area contributed by atoms with Gasteiger partial charge in [-0.3, -0.25) is 4.79 Å². The van der Waals surface area contributed by atoms with Gasteiger partial charge in [-0.25, -0.2) is 0 Å². The zero-order valence-corrected chi connectivity index (χ0v) is 8.75. The maximum atomic E-state index is 11.6. The Morgan fingerprint density at radius 1 is 1.64 bits per heavy atom. The van der Waals surface area contributed by atoms with Crippen LogP contribution < -0.4 is 5.32 Å². The highest BCUT2D eigenvalue weighted by atomic mass is 16.2. The van der Waals surface area contributed by atoms with Gasteiger partial charge in [0.25, 0.3) is 0 Å². The average Bonchev–Trinajstić information content (AvgIpc) is 2.98. The fourth-order valence-electron chi connectivity index (χ4n) is 1.48. The van der Waals surface area contributed by atoms with Crippen molar-refractivity contribution in [3.05, 3.63) is 0 Å². The van der Waals surface area contributed by atoms with E-state index in [4.69, 9.17) is 6.42 Å². The summed E-state index contributed by atoms with van der Waals surface area (Å²) in [6, 6.07) is 0.516. The largest absolute Gasteiger partial charge is 0.339 e. The minimum absolute atomic E-state index is 0.201. The number of carbonyl (C=O) groups is 1. The molecular formula is C11H18N2O. The second-order valence-electron chi connectivity index (χ2n) is 3.54. The van der Waals surface area contributed by atoms with E-state index in [1.807, 2.05) is 11.8 Å². The molecule has 0 bridgehead atoms. The van der Waals surface area contributed by atoms with Crippen LogP contribution in [0.25, 0.3) is 0 Å². The van der Waals surface area contributed by atoms with E-state index in [0.29, 0.717) is 19.0 Å². The first-order chi connectivity index (χ1) is 6.79. The number of terminal acetylenes is 1. The van der Waals surface area contributed by atoms with E-state index in [1.165, 1.54) is 12.8 Å². The molecule has 0 heterocycles. The second kappa shape index (κ2) is 5.66. The van der Waals surface area contributed by atoms with E-state index < -0.39 is 0 Å². The Bertz CT molecular complexity index is 228. The monoisotopic (exact) mass is 194 g/mol. The lowest BCUT2D eigenvalue weighted by molar-refractivity contribution is -0.130. The summed E-state index contributed by atoms with van der Waals surface area (Å²) in [5.41, 5.74) is 0. The third kappa shape index (κ3) is 3.39. The van der Waals surface area contributed by atoms with Crippen molar-refractivity contribution < 1.29 is 4.79 Å². The van der Waals surface area contributed by atoms with Crippen LogP contribution in [0.5, 0.6) is 0 Å². The minimum Gasteiger partial charge on any atom is -0.339 e. The lowest BCUT2D eigenvalue weighted by atomic mass is 10.4. The lowest BCUT2D eigenvalue weighted by Crippen LogP contribution is -2.39. The predicted octanol–water partition coefficient (Wildman–Crippen LogP) is 0.610. The van der Waals surface area contributed by atoms with E-state index in [9.17, 15) is 4.79 Å². The standard InChI is InChI=1S/C11H18N2O/c1-3-5-8-12-9-11(14)13(4-2)10-6-7-10/h1,10,12H,4-9H2,2H3. The van der Waals surface area contributed by atoms with Gasteiger partial charge in [0.2, 0.25) is 5.91 Å². The van der Waals surface area contributed by atoms with Crippen LogP contribution in [0.15, 0.2) is 0 Å². The molecule has 1 fully saturated rings. The van der Waals surface area contributed by atoms with Gasteiger partial charge in [-0.1, -0.05) is 0 Å². The van der Waals surface area contributed by atoms with Gasteiger partial charge in [0.1, 0.15) is 0 Å². The normalized spacial score (nSPS) is 14.9. The molecule has 1 N–H and O–H groups in total. The van der Waals surface area contributed by atoms with Gasteiger partial charge in [-0.2, -0.15) is 0 Å². The molecule has 1 aliphatic rings. The minimum atomic E-state index is 0.201. The van der Waals surface area contributed by atoms with Gasteiger partial charge < -0.3 is 10.2 Å². The van der Waals surface area contributed by atoms with Crippen molar-refractivity contribution in [2.45, 2.75) is 32.2 Å². The molecule has 0 spiro atoms. The molecule has 0 saturated heterocycles. The molecule has 3 heteroatoms. The number of nitrogens with zero attached hydrogens (tertiary/aromatic N) is 1. The molecule has 0 aliphatic heterocycles. The molecule has 1 amide bonds. The van der Waals surface area contributed by atoms with E-state index in [0.717, 1.165) is 13.1 Å². The molecule has 3 nitrogen and oxygen atoms in total. The number of amides is 1. The zero-order chi connectivity index (χ0) is 10.4. The Labute approximate surface area is 85.9 Å². The highest BCUT2D eigenvalue weighted by Crippen LogP contribution is 2.26. The molecule has 14 heavy (non-hydrogen) atoms. The van der Waals surface area contributed by atoms with Gasteiger partial charge in [0.05, 0.1) is 6.54 Å². The first-order valence-corrected chi connectivity index (χ1v) is 5.23. The van der Waals surface area contributed by atoms with E-state index >= 15 is 0 Å². The van der Waals surface area contributed by atoms with Gasteiger partial charge in [0, 0.05) is 25.6 Å². The Kier molecular flexibility index (Phi) is 4.48. The van der Waals surface area contributed by atoms with Crippen molar-refractivity contribution in [2.75, 3.05) is 19.6 Å². The van der Waals surface area contributed by atoms with Crippen molar-refractivity contribution in [3.63, 3.8) is 0 Å². The highest BCUT2D eigenvalue weighted by molar-refractivity contribution is 5.78. The van der Waals surface area contributed by atoms with Crippen LogP contribution in [0.3, 0.4) is 0 Å². The molecule has 0 aromatic rings. The SMILES string of the molecule is C#CCCNCC(=O)N(CC)C1CC1. The van der Waals surface area contributed by atoms with Crippen molar-refractivity contribution in [1.29, 1.82) is 0 Å². The summed E-state index contributed by atoms with van der Waals surface area (Å²) >= 11 is 0. The van der Waals surface area contributed by atoms with Crippen LogP contribution in [0.1, 0.15) is 26.2 Å². The van der Waals surface area contributed by atoms with Crippen molar-refractivity contribution in [3.8, 4) is 12.3 Å². The molecule has 1 rings (SSSR count). The number of rotatable bonds is 6. The summed E-state index contributed by atoms with van der Waals surface area (Å²) in [5, 5.41) is 3.05. The Hall–Kier alpha value is -1.01. The van der Waals surface area contributed by atoms with Crippen LogP contribution in [-0.4, -0.2) is 36.5 Å². The summed E-state index contributed by atoms with van der Waals surface area (Å²) in [6.45, 7) is 3.99. The van der Waals surface area contributed by atoms with Gasteiger partial charge >= 0.3 is 0 Å². The summed E-state index contributed by atoms with van der Waals surface area (Å²) in [7, 11) is 0. The van der Waals surface area contributed by atoms with Crippen LogP contribution in [-0.2, 0) is 4.79 Å². The highest BCUT2D eigenvalue weighted by Gasteiger charge is 2.30. The predicted molar refractivity (Wildman–Crippen MR) is 56.7 cm³/mol. The molecule has 0 aromatic heterocycles. The van der Waals surface area contributed by atoms with Gasteiger partial charge in [-0.15, -0.1) is 12.3 Å². The summed E-state index contributed by atoms with van der Waals surface area (Å²) < 4.78 is 0. The number of carbonyl (C=O) groups excluding carboxylic acids is 1. The van der Waals surface area contributed by atoms with Gasteiger partial charge in [-0.05, 0) is 19.8 Å². The first kappa shape index (κ1) is 11.1. The van der Waals surface area contributed by atoms with Crippen molar-refractivity contribution in [1.82, 2.24) is 10.2 Å². The third-order valence-electron chi connectivity index (χ3n) is 2.37. The molecule has 1 saturated carbocycles. The van der Waals surface area contributed by atoms with Crippen LogP contribution in [0, 0.1) is 12.3 Å². The number of hydrogen-bond donors (Lipinski definition) is 1. The summed E-state index contributed by atoms with van der Waals surface area (Å²) in [4.78, 5) is 13.6. The van der Waals surface area contributed by atoms with Crippen molar-refractivity contribution >= 4 is 5.91 Å². The Morgan fingerprint density at radius 3 is 2.86 bits per heavy atom. The molecule has 1 aliphatic carbocycles. The third-order valence-corrected chi connectivity index (χ3v) is 2.37. The van der Waals surface area contributed by atoms with Gasteiger partial charge in [0.15, 0.2) is 0 Å². The quantitative estimate of drug-likeness (QED) is 0.496. The van der Waals surface area contributed by atoms with Crippen LogP contribution in [0.2, 0.25) is 0 Å². The fraction of sp³-hybridized carbons (Fsp3) is 0.727. The molecule has 0 atom stereocenters. The number of nitrogens with one attached hydrogen (secondary N) is 1. The fourth-order valence-corrected chi connectivity index (χ4v) is 1.48. The number of hydrogen-bond acceptors (Lipinski definition) is 2. The Morgan fingerprint density at radius 2 is 2.36 bits per heavy atom. The maximum Gasteiger partial charge on any atom is 0.236 e. The average molecular weight is 194 g/mol. The van der Waals surface area contributed by atoms with Crippen molar-refractivity contribution in [2.24, 2.45) is 0 Å². The molecular weight excluding hydrogens is 176 g/mol. The first-order valence-electron chi connectivity index (χ1n) is 5.23. The Balaban J connectivity index is 2.16. The lowest BCUT2D eigenvalue weighted by Gasteiger charge is -2.20. The topological polar surface area (TPSA) is 32.3 Å². The molecule has 0 radical (unpaired) electrons. The molecule has 0 aromatic carbocycles. The maximum absolute atomic E-state index is 11.6. The van der Waals surface area contributed by atoms with Crippen LogP contribution in [0.4, 0.5) is 0 Å². The summed E-state index contributed by atoms with van der Waals surface area (Å²) in [6.07, 6.45) is 8.13.